The van der Waals surface area contributed by atoms with Crippen LogP contribution in [0.3, 0.4) is 0 Å². The number of hydrogen-bond acceptors (Lipinski definition) is 4. The van der Waals surface area contributed by atoms with E-state index in [4.69, 9.17) is 4.74 Å². The van der Waals surface area contributed by atoms with Gasteiger partial charge in [-0.1, -0.05) is 6.07 Å². The molecule has 1 aromatic carbocycles. The Kier molecular flexibility index (Phi) is 4.19. The lowest BCUT2D eigenvalue weighted by molar-refractivity contribution is -0.131. The Bertz CT molecular complexity index is 987. The first-order chi connectivity index (χ1) is 11.4. The number of nitrogens with zero attached hydrogens (tertiary/aromatic N) is 1. The highest BCUT2D eigenvalue weighted by Gasteiger charge is 2.16. The maximum Gasteiger partial charge on any atom is 0.308 e. The van der Waals surface area contributed by atoms with Crippen molar-refractivity contribution < 1.29 is 18.3 Å². The quantitative estimate of drug-likeness (QED) is 0.679. The van der Waals surface area contributed by atoms with Crippen molar-refractivity contribution >= 4 is 27.5 Å². The topological polar surface area (TPSA) is 48.3 Å². The maximum atomic E-state index is 13.9. The number of rotatable bonds is 3. The van der Waals surface area contributed by atoms with E-state index in [0.29, 0.717) is 10.2 Å². The van der Waals surface area contributed by atoms with Gasteiger partial charge in [0, 0.05) is 17.4 Å². The first kappa shape index (κ1) is 16.3. The van der Waals surface area contributed by atoms with E-state index in [1.165, 1.54) is 47.2 Å². The van der Waals surface area contributed by atoms with Gasteiger partial charge in [-0.25, -0.2) is 8.78 Å². The molecule has 0 atom stereocenters. The van der Waals surface area contributed by atoms with Gasteiger partial charge in [-0.15, -0.1) is 11.3 Å². The third-order valence-corrected chi connectivity index (χ3v) is 4.57. The average Bonchev–Trinajstić information content (AvgIpc) is 2.89. The standard InChI is InChI=1S/C17H13F2NO3S/c1-9-6-11-16(22)15(23-10(2)21)8-20(17(11)24-9)7-12-13(18)4-3-5-14(12)19/h3-6,8H,7H2,1-2H3. The van der Waals surface area contributed by atoms with Crippen LogP contribution in [0.15, 0.2) is 35.3 Å². The zero-order valence-electron chi connectivity index (χ0n) is 12.9. The van der Waals surface area contributed by atoms with Crippen molar-refractivity contribution in [2.75, 3.05) is 0 Å². The molecule has 0 fully saturated rings. The summed E-state index contributed by atoms with van der Waals surface area (Å²) in [4.78, 5) is 25.0. The van der Waals surface area contributed by atoms with Gasteiger partial charge in [-0.2, -0.15) is 0 Å². The molecule has 0 spiro atoms. The molecule has 0 N–H and O–H groups in total. The van der Waals surface area contributed by atoms with Gasteiger partial charge in [0.25, 0.3) is 0 Å². The molecule has 0 bridgehead atoms. The van der Waals surface area contributed by atoms with Gasteiger partial charge >= 0.3 is 5.97 Å². The molecular formula is C17H13F2NO3S. The van der Waals surface area contributed by atoms with Crippen LogP contribution in [0, 0.1) is 18.6 Å². The van der Waals surface area contributed by atoms with Crippen LogP contribution >= 0.6 is 11.3 Å². The van der Waals surface area contributed by atoms with Crippen molar-refractivity contribution in [3.8, 4) is 5.75 Å². The number of carbonyl (C=O) groups excluding carboxylic acids is 1. The number of benzene rings is 1. The lowest BCUT2D eigenvalue weighted by Crippen LogP contribution is -2.15. The Labute approximate surface area is 139 Å². The summed E-state index contributed by atoms with van der Waals surface area (Å²) in [5, 5.41) is 0.355. The lowest BCUT2D eigenvalue weighted by Gasteiger charge is -2.12. The average molecular weight is 349 g/mol. The van der Waals surface area contributed by atoms with E-state index in [0.717, 1.165) is 4.88 Å². The van der Waals surface area contributed by atoms with Crippen molar-refractivity contribution in [3.63, 3.8) is 0 Å². The van der Waals surface area contributed by atoms with Crippen molar-refractivity contribution in [3.05, 3.63) is 62.8 Å². The number of ether oxygens (including phenoxy) is 1. The van der Waals surface area contributed by atoms with Crippen LogP contribution in [-0.2, 0) is 11.3 Å². The van der Waals surface area contributed by atoms with Gasteiger partial charge in [0.05, 0.1) is 18.1 Å². The smallest absolute Gasteiger partial charge is 0.308 e. The van der Waals surface area contributed by atoms with E-state index in [9.17, 15) is 18.4 Å². The zero-order chi connectivity index (χ0) is 17.4. The van der Waals surface area contributed by atoms with Crippen LogP contribution in [0.1, 0.15) is 17.4 Å². The van der Waals surface area contributed by atoms with Crippen molar-refractivity contribution in [1.29, 1.82) is 0 Å². The van der Waals surface area contributed by atoms with Crippen LogP contribution in [0.5, 0.6) is 5.75 Å². The minimum Gasteiger partial charge on any atom is -0.421 e. The predicted octanol–water partition coefficient (Wildman–Crippen LogP) is 3.62. The molecule has 24 heavy (non-hydrogen) atoms. The highest BCUT2D eigenvalue weighted by molar-refractivity contribution is 7.18. The number of thiophene rings is 1. The highest BCUT2D eigenvalue weighted by atomic mass is 32.1. The third kappa shape index (κ3) is 2.94. The highest BCUT2D eigenvalue weighted by Crippen LogP contribution is 2.26. The first-order valence-corrected chi connectivity index (χ1v) is 7.93. The summed E-state index contributed by atoms with van der Waals surface area (Å²) in [5.41, 5.74) is -0.544. The number of aryl methyl sites for hydroxylation is 1. The Morgan fingerprint density at radius 3 is 2.58 bits per heavy atom. The zero-order valence-corrected chi connectivity index (χ0v) is 13.7. The van der Waals surface area contributed by atoms with E-state index in [1.54, 1.807) is 6.07 Å². The molecule has 0 aliphatic heterocycles. The fraction of sp³-hybridized carbons (Fsp3) is 0.176. The third-order valence-electron chi connectivity index (χ3n) is 3.48. The Balaban J connectivity index is 2.21. The number of carbonyl (C=O) groups is 1. The van der Waals surface area contributed by atoms with E-state index >= 15 is 0 Å². The molecule has 3 rings (SSSR count). The van der Waals surface area contributed by atoms with Gasteiger partial charge < -0.3 is 9.30 Å². The number of aromatic nitrogens is 1. The molecule has 3 aromatic rings. The molecule has 0 aliphatic rings. The predicted molar refractivity (Wildman–Crippen MR) is 87.6 cm³/mol. The maximum absolute atomic E-state index is 13.9. The van der Waals surface area contributed by atoms with Crippen LogP contribution in [0.2, 0.25) is 0 Å². The summed E-state index contributed by atoms with van der Waals surface area (Å²) < 4.78 is 34.3. The summed E-state index contributed by atoms with van der Waals surface area (Å²) in [5.74, 6) is -2.15. The number of fused-ring (bicyclic) bond motifs is 1. The Morgan fingerprint density at radius 1 is 1.29 bits per heavy atom. The molecule has 0 amide bonds. The van der Waals surface area contributed by atoms with E-state index < -0.39 is 23.0 Å². The second-order valence-corrected chi connectivity index (χ2v) is 6.55. The number of esters is 1. The molecule has 4 nitrogen and oxygen atoms in total. The van der Waals surface area contributed by atoms with Gasteiger partial charge in [-0.05, 0) is 25.1 Å². The minimum atomic E-state index is -0.677. The number of pyridine rings is 1. The van der Waals surface area contributed by atoms with Gasteiger partial charge in [0.1, 0.15) is 16.5 Å². The second-order valence-electron chi connectivity index (χ2n) is 5.32. The molecule has 0 aliphatic carbocycles. The fourth-order valence-electron chi connectivity index (χ4n) is 2.47. The SMILES string of the molecule is CC(=O)Oc1cn(Cc2c(F)cccc2F)c2sc(C)cc2c1=O. The summed E-state index contributed by atoms with van der Waals surface area (Å²) >= 11 is 1.33. The van der Waals surface area contributed by atoms with E-state index in [-0.39, 0.29) is 17.9 Å². The lowest BCUT2D eigenvalue weighted by atomic mass is 10.2. The molecular weight excluding hydrogens is 336 g/mol. The molecule has 0 unspecified atom stereocenters. The second kappa shape index (κ2) is 6.16. The minimum absolute atomic E-state index is 0.122. The summed E-state index contributed by atoms with van der Waals surface area (Å²) in [6.07, 6.45) is 1.31. The van der Waals surface area contributed by atoms with Crippen molar-refractivity contribution in [2.45, 2.75) is 20.4 Å². The molecule has 0 saturated carbocycles. The van der Waals surface area contributed by atoms with Crippen molar-refractivity contribution in [2.24, 2.45) is 0 Å². The molecule has 124 valence electrons. The van der Waals surface area contributed by atoms with Crippen LogP contribution in [0.25, 0.3) is 10.2 Å². The van der Waals surface area contributed by atoms with Crippen LogP contribution in [-0.4, -0.2) is 10.5 Å². The monoisotopic (exact) mass is 349 g/mol. The molecule has 7 heteroatoms. The summed E-state index contributed by atoms with van der Waals surface area (Å²) in [7, 11) is 0. The van der Waals surface area contributed by atoms with E-state index in [1.807, 2.05) is 6.92 Å². The number of halogens is 2. The molecule has 2 heterocycles. The van der Waals surface area contributed by atoms with Gasteiger partial charge in [-0.3, -0.25) is 9.59 Å². The van der Waals surface area contributed by atoms with Crippen LogP contribution < -0.4 is 10.2 Å². The molecule has 2 aromatic heterocycles. The molecule has 0 radical (unpaired) electrons. The first-order valence-electron chi connectivity index (χ1n) is 7.11. The molecule has 0 saturated heterocycles. The normalized spacial score (nSPS) is 11.0. The largest absolute Gasteiger partial charge is 0.421 e. The van der Waals surface area contributed by atoms with Crippen LogP contribution in [0.4, 0.5) is 8.78 Å². The fourth-order valence-corrected chi connectivity index (χ4v) is 3.45. The summed E-state index contributed by atoms with van der Waals surface area (Å²) in [6.45, 7) is 2.89. The Morgan fingerprint density at radius 2 is 1.96 bits per heavy atom. The summed E-state index contributed by atoms with van der Waals surface area (Å²) in [6, 6.07) is 5.30. The Hall–Kier alpha value is -2.54. The van der Waals surface area contributed by atoms with E-state index in [2.05, 4.69) is 0 Å². The van der Waals surface area contributed by atoms with Gasteiger partial charge in [0.2, 0.25) is 5.43 Å². The number of hydrogen-bond donors (Lipinski definition) is 0. The van der Waals surface area contributed by atoms with Crippen molar-refractivity contribution in [1.82, 2.24) is 4.57 Å². The van der Waals surface area contributed by atoms with Gasteiger partial charge in [0.15, 0.2) is 5.75 Å².